The number of amides is 3. The van der Waals surface area contributed by atoms with E-state index in [9.17, 15) is 33.9 Å². The highest BCUT2D eigenvalue weighted by Crippen LogP contribution is 2.09. The maximum Gasteiger partial charge on any atom is 0.326 e. The Labute approximate surface area is 172 Å². The third-order valence-electron chi connectivity index (χ3n) is 4.27. The fourth-order valence-electron chi connectivity index (χ4n) is 2.28. The predicted molar refractivity (Wildman–Crippen MR) is 101 cm³/mol. The van der Waals surface area contributed by atoms with Gasteiger partial charge in [-0.15, -0.1) is 0 Å². The Hall–Kier alpha value is -3.22. The number of nitrogens with two attached hydrogens (primary N) is 1. The van der Waals surface area contributed by atoms with Gasteiger partial charge in [-0.3, -0.25) is 24.0 Å². The van der Waals surface area contributed by atoms with Crippen molar-refractivity contribution in [3.8, 4) is 0 Å². The molecule has 8 N–H and O–H groups in total. The zero-order valence-electron chi connectivity index (χ0n) is 16.9. The van der Waals surface area contributed by atoms with Gasteiger partial charge in [0.2, 0.25) is 17.7 Å². The number of carboxylic acid groups (broad SMARTS) is 3. The molecule has 0 saturated heterocycles. The van der Waals surface area contributed by atoms with Gasteiger partial charge in [-0.2, -0.15) is 0 Å². The summed E-state index contributed by atoms with van der Waals surface area (Å²) in [4.78, 5) is 69.4. The Morgan fingerprint density at radius 2 is 1.33 bits per heavy atom. The molecule has 13 heteroatoms. The Balaban J connectivity index is 5.18. The summed E-state index contributed by atoms with van der Waals surface area (Å²) in [6.07, 6.45) is -1.08. The van der Waals surface area contributed by atoms with Crippen molar-refractivity contribution in [2.24, 2.45) is 11.7 Å². The fourth-order valence-corrected chi connectivity index (χ4v) is 2.28. The van der Waals surface area contributed by atoms with Crippen molar-refractivity contribution in [2.75, 3.05) is 0 Å². The van der Waals surface area contributed by atoms with Crippen LogP contribution in [0.15, 0.2) is 0 Å². The minimum atomic E-state index is -1.60. The average Bonchev–Trinajstić information content (AvgIpc) is 2.63. The monoisotopic (exact) mass is 432 g/mol. The number of hydrogen-bond acceptors (Lipinski definition) is 7. The number of hydrogen-bond donors (Lipinski definition) is 7. The van der Waals surface area contributed by atoms with Crippen molar-refractivity contribution in [1.29, 1.82) is 0 Å². The topological polar surface area (TPSA) is 225 Å². The highest BCUT2D eigenvalue weighted by molar-refractivity contribution is 5.95. The van der Waals surface area contributed by atoms with E-state index in [2.05, 4.69) is 16.0 Å². The Morgan fingerprint density at radius 3 is 1.77 bits per heavy atom. The standard InChI is InChI=1S/C17H28N4O9/c1-4-7(2)13(17(29)30)21-16(28)10(6-12(24)25)20-14(26)8(3)19-15(27)9(18)5-11(22)23/h7-10,13H,4-6,18H2,1-3H3,(H,19,27)(H,20,26)(H,21,28)(H,22,23)(H,24,25)(H,29,30). The molecule has 0 aliphatic carbocycles. The molecular weight excluding hydrogens is 404 g/mol. The quantitative estimate of drug-likeness (QED) is 0.167. The second-order valence-electron chi connectivity index (χ2n) is 6.80. The first-order valence-corrected chi connectivity index (χ1v) is 9.13. The summed E-state index contributed by atoms with van der Waals surface area (Å²) >= 11 is 0. The van der Waals surface area contributed by atoms with Crippen LogP contribution in [0, 0.1) is 5.92 Å². The van der Waals surface area contributed by atoms with Gasteiger partial charge in [0.15, 0.2) is 0 Å². The Kier molecular flexibility index (Phi) is 11.0. The smallest absolute Gasteiger partial charge is 0.326 e. The summed E-state index contributed by atoms with van der Waals surface area (Å²) in [5.41, 5.74) is 5.38. The molecule has 0 rings (SSSR count). The molecule has 0 aliphatic heterocycles. The Bertz CT molecular complexity index is 682. The first-order chi connectivity index (χ1) is 13.8. The maximum atomic E-state index is 12.4. The van der Waals surface area contributed by atoms with Gasteiger partial charge < -0.3 is 37.0 Å². The van der Waals surface area contributed by atoms with Crippen molar-refractivity contribution in [2.45, 2.75) is 64.2 Å². The van der Waals surface area contributed by atoms with Crippen LogP contribution in [0.3, 0.4) is 0 Å². The first kappa shape index (κ1) is 26.8. The third-order valence-corrected chi connectivity index (χ3v) is 4.27. The van der Waals surface area contributed by atoms with Crippen LogP contribution in [-0.4, -0.2) is 75.1 Å². The molecule has 5 unspecified atom stereocenters. The van der Waals surface area contributed by atoms with E-state index in [4.69, 9.17) is 15.9 Å². The molecule has 170 valence electrons. The molecule has 0 aromatic rings. The van der Waals surface area contributed by atoms with Gasteiger partial charge in [0.05, 0.1) is 18.9 Å². The minimum Gasteiger partial charge on any atom is -0.481 e. The molecule has 30 heavy (non-hydrogen) atoms. The highest BCUT2D eigenvalue weighted by atomic mass is 16.4. The van der Waals surface area contributed by atoms with Crippen LogP contribution in [0.2, 0.25) is 0 Å². The normalized spacial score (nSPS) is 15.6. The predicted octanol–water partition coefficient (Wildman–Crippen LogP) is -2.13. The van der Waals surface area contributed by atoms with Gasteiger partial charge in [0.1, 0.15) is 18.1 Å². The van der Waals surface area contributed by atoms with E-state index in [0.29, 0.717) is 6.42 Å². The van der Waals surface area contributed by atoms with E-state index in [0.717, 1.165) is 0 Å². The van der Waals surface area contributed by atoms with Crippen LogP contribution in [0.4, 0.5) is 0 Å². The number of carboxylic acids is 3. The molecule has 0 aromatic heterocycles. The second kappa shape index (κ2) is 12.4. The molecule has 0 aliphatic rings. The SMILES string of the molecule is CCC(C)C(NC(=O)C(CC(=O)O)NC(=O)C(C)NC(=O)C(N)CC(=O)O)C(=O)O. The van der Waals surface area contributed by atoms with E-state index < -0.39 is 78.6 Å². The summed E-state index contributed by atoms with van der Waals surface area (Å²) in [5, 5.41) is 33.4. The van der Waals surface area contributed by atoms with Gasteiger partial charge in [-0.05, 0) is 12.8 Å². The molecule has 3 amide bonds. The first-order valence-electron chi connectivity index (χ1n) is 9.13. The lowest BCUT2D eigenvalue weighted by molar-refractivity contribution is -0.144. The van der Waals surface area contributed by atoms with Crippen molar-refractivity contribution in [3.05, 3.63) is 0 Å². The largest absolute Gasteiger partial charge is 0.481 e. The van der Waals surface area contributed by atoms with Gasteiger partial charge in [-0.25, -0.2) is 4.79 Å². The van der Waals surface area contributed by atoms with Gasteiger partial charge in [0, 0.05) is 0 Å². The van der Waals surface area contributed by atoms with Gasteiger partial charge in [0.25, 0.3) is 0 Å². The van der Waals surface area contributed by atoms with Crippen LogP contribution in [-0.2, 0) is 28.8 Å². The van der Waals surface area contributed by atoms with E-state index >= 15 is 0 Å². The van der Waals surface area contributed by atoms with Gasteiger partial charge in [-0.1, -0.05) is 20.3 Å². The van der Waals surface area contributed by atoms with Gasteiger partial charge >= 0.3 is 17.9 Å². The zero-order chi connectivity index (χ0) is 23.6. The molecule has 0 fully saturated rings. The lowest BCUT2D eigenvalue weighted by atomic mass is 9.98. The van der Waals surface area contributed by atoms with Crippen molar-refractivity contribution in [3.63, 3.8) is 0 Å². The molecular formula is C17H28N4O9. The molecule has 0 saturated carbocycles. The molecule has 0 heterocycles. The molecule has 0 bridgehead atoms. The lowest BCUT2D eigenvalue weighted by Gasteiger charge is -2.25. The third kappa shape index (κ3) is 9.32. The summed E-state index contributed by atoms with van der Waals surface area (Å²) in [6, 6.07) is -5.58. The Morgan fingerprint density at radius 1 is 0.800 bits per heavy atom. The van der Waals surface area contributed by atoms with Crippen molar-refractivity contribution >= 4 is 35.6 Å². The number of carbonyl (C=O) groups is 6. The molecule has 0 spiro atoms. The molecule has 5 atom stereocenters. The van der Waals surface area contributed by atoms with Crippen LogP contribution in [0.25, 0.3) is 0 Å². The zero-order valence-corrected chi connectivity index (χ0v) is 16.9. The van der Waals surface area contributed by atoms with Crippen LogP contribution in [0.5, 0.6) is 0 Å². The average molecular weight is 432 g/mol. The van der Waals surface area contributed by atoms with Crippen LogP contribution in [0.1, 0.15) is 40.0 Å². The molecule has 0 aromatic carbocycles. The highest BCUT2D eigenvalue weighted by Gasteiger charge is 2.32. The van der Waals surface area contributed by atoms with Crippen LogP contribution < -0.4 is 21.7 Å². The summed E-state index contributed by atoms with van der Waals surface area (Å²) in [6.45, 7) is 4.51. The van der Waals surface area contributed by atoms with Crippen molar-refractivity contribution < 1.29 is 44.1 Å². The fraction of sp³-hybridized carbons (Fsp3) is 0.647. The van der Waals surface area contributed by atoms with E-state index in [-0.39, 0.29) is 0 Å². The minimum absolute atomic E-state index is 0.423. The number of carbonyl (C=O) groups excluding carboxylic acids is 3. The molecule has 13 nitrogen and oxygen atoms in total. The van der Waals surface area contributed by atoms with E-state index in [1.165, 1.54) is 6.92 Å². The van der Waals surface area contributed by atoms with Crippen molar-refractivity contribution in [1.82, 2.24) is 16.0 Å². The lowest BCUT2D eigenvalue weighted by Crippen LogP contribution is -2.57. The summed E-state index contributed by atoms with van der Waals surface area (Å²) in [5.74, 6) is -7.40. The number of nitrogens with one attached hydrogen (secondary N) is 3. The summed E-state index contributed by atoms with van der Waals surface area (Å²) < 4.78 is 0. The molecule has 0 radical (unpaired) electrons. The maximum absolute atomic E-state index is 12.4. The van der Waals surface area contributed by atoms with E-state index in [1.54, 1.807) is 13.8 Å². The number of rotatable bonds is 13. The van der Waals surface area contributed by atoms with E-state index in [1.807, 2.05) is 0 Å². The number of aliphatic carboxylic acids is 3. The summed E-state index contributed by atoms with van der Waals surface area (Å²) in [7, 11) is 0. The van der Waals surface area contributed by atoms with Crippen LogP contribution >= 0.6 is 0 Å². The second-order valence-corrected chi connectivity index (χ2v) is 6.80.